The van der Waals surface area contributed by atoms with Gasteiger partial charge in [0.05, 0.1) is 12.8 Å². The molecule has 1 N–H and O–H groups in total. The van der Waals surface area contributed by atoms with E-state index >= 15 is 0 Å². The largest absolute Gasteiger partial charge is 0.494 e. The highest BCUT2D eigenvalue weighted by Crippen LogP contribution is 2.16. The van der Waals surface area contributed by atoms with Crippen LogP contribution in [-0.2, 0) is 10.0 Å². The summed E-state index contributed by atoms with van der Waals surface area (Å²) in [6.07, 6.45) is 2.99. The Hall–Kier alpha value is -2.45. The summed E-state index contributed by atoms with van der Waals surface area (Å²) in [5.41, 5.74) is 3.69. The topological polar surface area (TPSA) is 83.9 Å². The van der Waals surface area contributed by atoms with Gasteiger partial charge >= 0.3 is 0 Å². The average molecular weight is 376 g/mol. The van der Waals surface area contributed by atoms with Gasteiger partial charge in [0, 0.05) is 19.3 Å². The highest BCUT2D eigenvalue weighted by Gasteiger charge is 2.21. The number of ether oxygens (including phenoxy) is 1. The molecule has 0 radical (unpaired) electrons. The first kappa shape index (κ1) is 19.9. The molecule has 0 bridgehead atoms. The lowest BCUT2D eigenvalue weighted by Gasteiger charge is -2.18. The molecule has 0 aliphatic carbocycles. The Morgan fingerprint density at radius 2 is 1.81 bits per heavy atom. The van der Waals surface area contributed by atoms with Crippen molar-refractivity contribution in [2.24, 2.45) is 5.10 Å². The van der Waals surface area contributed by atoms with Gasteiger partial charge in [0.1, 0.15) is 16.5 Å². The first-order valence-electron chi connectivity index (χ1n) is 8.49. The highest BCUT2D eigenvalue weighted by molar-refractivity contribution is 7.89. The van der Waals surface area contributed by atoms with E-state index in [1.54, 1.807) is 26.1 Å². The van der Waals surface area contributed by atoms with Gasteiger partial charge in [0.15, 0.2) is 0 Å². The van der Waals surface area contributed by atoms with Gasteiger partial charge in [-0.2, -0.15) is 9.41 Å². The van der Waals surface area contributed by atoms with Crippen molar-refractivity contribution >= 4 is 22.1 Å². The number of nitrogens with one attached hydrogen (secondary N) is 1. The van der Waals surface area contributed by atoms with Gasteiger partial charge in [-0.25, -0.2) is 13.4 Å². The van der Waals surface area contributed by atoms with Crippen LogP contribution in [0.4, 0.5) is 5.82 Å². The van der Waals surface area contributed by atoms with E-state index in [4.69, 9.17) is 4.74 Å². The molecule has 7 nitrogen and oxygen atoms in total. The fourth-order valence-corrected chi connectivity index (χ4v) is 3.71. The summed E-state index contributed by atoms with van der Waals surface area (Å²) in [4.78, 5) is 4.28. The van der Waals surface area contributed by atoms with E-state index < -0.39 is 10.0 Å². The van der Waals surface area contributed by atoms with E-state index in [0.29, 0.717) is 25.5 Å². The molecule has 1 aromatic carbocycles. The van der Waals surface area contributed by atoms with Crippen LogP contribution in [-0.4, -0.2) is 43.6 Å². The lowest BCUT2D eigenvalue weighted by atomic mass is 10.2. The van der Waals surface area contributed by atoms with Crippen LogP contribution in [0.1, 0.15) is 26.3 Å². The second kappa shape index (κ2) is 9.30. The molecule has 0 saturated heterocycles. The Bertz CT molecular complexity index is 815. The van der Waals surface area contributed by atoms with Crippen LogP contribution in [0, 0.1) is 0 Å². The molecule has 0 unspecified atom stereocenters. The summed E-state index contributed by atoms with van der Waals surface area (Å²) in [6.45, 7) is 7.02. The number of rotatable bonds is 9. The first-order valence-corrected chi connectivity index (χ1v) is 9.93. The number of anilines is 1. The molecule has 0 saturated carbocycles. The van der Waals surface area contributed by atoms with Crippen molar-refractivity contribution in [1.82, 2.24) is 9.29 Å². The Labute approximate surface area is 154 Å². The third kappa shape index (κ3) is 5.03. The monoisotopic (exact) mass is 376 g/mol. The number of hydrazone groups is 1. The van der Waals surface area contributed by atoms with Gasteiger partial charge in [-0.3, -0.25) is 5.43 Å². The summed E-state index contributed by atoms with van der Waals surface area (Å²) in [5.74, 6) is 1.27. The Balaban J connectivity index is 2.01. The standard InChI is InChI=1S/C18H24N4O3S/c1-4-22(5-2)26(23,24)17-11-12-18(19-14-17)21-20-13-15-7-9-16(10-8-15)25-6-3/h7-14H,4-6H2,1-3H3,(H,19,21)/b20-13+. The molecule has 2 rings (SSSR count). The predicted octanol–water partition coefficient (Wildman–Crippen LogP) is 2.96. The van der Waals surface area contributed by atoms with E-state index in [2.05, 4.69) is 15.5 Å². The highest BCUT2D eigenvalue weighted by atomic mass is 32.2. The third-order valence-electron chi connectivity index (χ3n) is 3.66. The van der Waals surface area contributed by atoms with Crippen LogP contribution in [0.15, 0.2) is 52.6 Å². The van der Waals surface area contributed by atoms with Gasteiger partial charge in [-0.1, -0.05) is 13.8 Å². The predicted molar refractivity (Wildman–Crippen MR) is 103 cm³/mol. The zero-order valence-corrected chi connectivity index (χ0v) is 16.0. The number of pyridine rings is 1. The zero-order chi connectivity index (χ0) is 19.0. The Morgan fingerprint density at radius 3 is 2.35 bits per heavy atom. The Morgan fingerprint density at radius 1 is 1.12 bits per heavy atom. The van der Waals surface area contributed by atoms with Crippen molar-refractivity contribution in [1.29, 1.82) is 0 Å². The first-order chi connectivity index (χ1) is 12.5. The van der Waals surface area contributed by atoms with Crippen LogP contribution in [0.5, 0.6) is 5.75 Å². The number of sulfonamides is 1. The fourth-order valence-electron chi connectivity index (χ4n) is 2.30. The molecule has 0 aliphatic rings. The summed E-state index contributed by atoms with van der Waals surface area (Å²) >= 11 is 0. The minimum Gasteiger partial charge on any atom is -0.494 e. The molecule has 26 heavy (non-hydrogen) atoms. The van der Waals surface area contributed by atoms with E-state index in [-0.39, 0.29) is 4.90 Å². The number of hydrogen-bond donors (Lipinski definition) is 1. The fraction of sp³-hybridized carbons (Fsp3) is 0.333. The van der Waals surface area contributed by atoms with Gasteiger partial charge in [-0.15, -0.1) is 0 Å². The smallest absolute Gasteiger partial charge is 0.244 e. The molecule has 1 heterocycles. The van der Waals surface area contributed by atoms with E-state index in [9.17, 15) is 8.42 Å². The summed E-state index contributed by atoms with van der Waals surface area (Å²) in [6, 6.07) is 10.6. The van der Waals surface area contributed by atoms with Gasteiger partial charge in [0.2, 0.25) is 10.0 Å². The Kier molecular flexibility index (Phi) is 7.11. The summed E-state index contributed by atoms with van der Waals surface area (Å²) in [5, 5.41) is 4.11. The van der Waals surface area contributed by atoms with Crippen LogP contribution in [0.2, 0.25) is 0 Å². The van der Waals surface area contributed by atoms with Gasteiger partial charge < -0.3 is 4.74 Å². The average Bonchev–Trinajstić information content (AvgIpc) is 2.65. The SMILES string of the molecule is CCOc1ccc(/C=N/Nc2ccc(S(=O)(=O)N(CC)CC)cn2)cc1. The maximum atomic E-state index is 12.4. The maximum absolute atomic E-state index is 12.4. The molecule has 0 amide bonds. The quantitative estimate of drug-likeness (QED) is 0.537. The second-order valence-corrected chi connectivity index (χ2v) is 7.28. The van der Waals surface area contributed by atoms with Crippen LogP contribution in [0.3, 0.4) is 0 Å². The molecule has 0 atom stereocenters. The molecule has 1 aromatic heterocycles. The normalized spacial score (nSPS) is 11.8. The maximum Gasteiger partial charge on any atom is 0.244 e. The van der Waals surface area contributed by atoms with Gasteiger partial charge in [-0.05, 0) is 48.9 Å². The number of aromatic nitrogens is 1. The van der Waals surface area contributed by atoms with E-state index in [1.165, 1.54) is 16.6 Å². The van der Waals surface area contributed by atoms with Crippen molar-refractivity contribution in [3.8, 4) is 5.75 Å². The minimum atomic E-state index is -3.50. The van der Waals surface area contributed by atoms with E-state index in [1.807, 2.05) is 31.2 Å². The lowest BCUT2D eigenvalue weighted by Crippen LogP contribution is -2.30. The lowest BCUT2D eigenvalue weighted by molar-refractivity contribution is 0.340. The summed E-state index contributed by atoms with van der Waals surface area (Å²) in [7, 11) is -3.50. The van der Waals surface area contributed by atoms with Crippen LogP contribution < -0.4 is 10.2 Å². The molecule has 0 aliphatic heterocycles. The minimum absolute atomic E-state index is 0.169. The molecular formula is C18H24N4O3S. The van der Waals surface area contributed by atoms with Crippen molar-refractivity contribution in [3.05, 3.63) is 48.2 Å². The van der Waals surface area contributed by atoms with E-state index in [0.717, 1.165) is 11.3 Å². The van der Waals surface area contributed by atoms with Crippen molar-refractivity contribution in [2.75, 3.05) is 25.1 Å². The molecule has 8 heteroatoms. The van der Waals surface area contributed by atoms with Crippen LogP contribution >= 0.6 is 0 Å². The van der Waals surface area contributed by atoms with Crippen molar-refractivity contribution in [2.45, 2.75) is 25.7 Å². The van der Waals surface area contributed by atoms with Crippen LogP contribution in [0.25, 0.3) is 0 Å². The molecule has 0 fully saturated rings. The number of benzene rings is 1. The summed E-state index contributed by atoms with van der Waals surface area (Å²) < 4.78 is 31.6. The molecule has 2 aromatic rings. The zero-order valence-electron chi connectivity index (χ0n) is 15.2. The molecular weight excluding hydrogens is 352 g/mol. The van der Waals surface area contributed by atoms with Crippen molar-refractivity contribution < 1.29 is 13.2 Å². The van der Waals surface area contributed by atoms with Gasteiger partial charge in [0.25, 0.3) is 0 Å². The molecule has 0 spiro atoms. The number of hydrogen-bond acceptors (Lipinski definition) is 6. The number of nitrogens with zero attached hydrogens (tertiary/aromatic N) is 3. The molecule has 140 valence electrons. The van der Waals surface area contributed by atoms with Crippen molar-refractivity contribution in [3.63, 3.8) is 0 Å². The third-order valence-corrected chi connectivity index (χ3v) is 5.70. The second-order valence-electron chi connectivity index (χ2n) is 5.34.